The van der Waals surface area contributed by atoms with Crippen molar-refractivity contribution < 1.29 is 21.6 Å². The van der Waals surface area contributed by atoms with Gasteiger partial charge in [-0.25, -0.2) is 8.42 Å². The minimum Gasteiger partial charge on any atom is -0.214 e. The Kier molecular flexibility index (Phi) is 4.27. The first-order valence-electron chi connectivity index (χ1n) is 6.61. The molecule has 0 aromatic heterocycles. The van der Waals surface area contributed by atoms with Gasteiger partial charge in [0.2, 0.25) is 0 Å². The molecule has 6 heteroatoms. The van der Waals surface area contributed by atoms with Crippen molar-refractivity contribution in [2.75, 3.05) is 0 Å². The molecule has 0 aliphatic heterocycles. The Morgan fingerprint density at radius 3 is 2.33 bits per heavy atom. The summed E-state index contributed by atoms with van der Waals surface area (Å²) in [4.78, 5) is -0.623. The Morgan fingerprint density at radius 2 is 1.71 bits per heavy atom. The van der Waals surface area contributed by atoms with Gasteiger partial charge in [-0.1, -0.05) is 43.7 Å². The average molecular weight is 316 g/mol. The molecule has 0 heterocycles. The van der Waals surface area contributed by atoms with Crippen LogP contribution in [0, 0.1) is 0 Å². The van der Waals surface area contributed by atoms with E-state index in [1.165, 1.54) is 6.07 Å². The van der Waals surface area contributed by atoms with E-state index >= 15 is 0 Å². The molecule has 0 unspecified atom stereocenters. The second-order valence-corrected chi connectivity index (χ2v) is 6.73. The van der Waals surface area contributed by atoms with Gasteiger partial charge in [0.1, 0.15) is 0 Å². The van der Waals surface area contributed by atoms with Crippen molar-refractivity contribution in [1.82, 2.24) is 0 Å². The molecule has 0 aliphatic carbocycles. The number of aryl methyl sites for hydroxylation is 1. The molecule has 0 saturated carbocycles. The van der Waals surface area contributed by atoms with Gasteiger partial charge in [0.25, 0.3) is 9.84 Å². The molecule has 0 spiro atoms. The standard InChI is InChI=1S/C15H15F3O2S/c1-2-3-7-13-12-8-5-4-6-11(12)9-10-14(13)21(19,20)15(16,17)18/h4-6,8-10H,2-3,7H2,1H3. The van der Waals surface area contributed by atoms with Gasteiger partial charge < -0.3 is 0 Å². The van der Waals surface area contributed by atoms with Crippen LogP contribution in [0.15, 0.2) is 41.3 Å². The van der Waals surface area contributed by atoms with Crippen molar-refractivity contribution >= 4 is 20.6 Å². The van der Waals surface area contributed by atoms with E-state index in [1.54, 1.807) is 24.3 Å². The van der Waals surface area contributed by atoms with Crippen molar-refractivity contribution in [3.05, 3.63) is 42.0 Å². The van der Waals surface area contributed by atoms with Gasteiger partial charge in [-0.05, 0) is 35.2 Å². The molecule has 0 atom stereocenters. The highest BCUT2D eigenvalue weighted by Gasteiger charge is 2.47. The van der Waals surface area contributed by atoms with Gasteiger partial charge in [0.15, 0.2) is 0 Å². The van der Waals surface area contributed by atoms with Gasteiger partial charge in [0.05, 0.1) is 4.90 Å². The molecule has 2 nitrogen and oxygen atoms in total. The molecule has 0 amide bonds. The number of rotatable bonds is 4. The molecule has 21 heavy (non-hydrogen) atoms. The van der Waals surface area contributed by atoms with Crippen LogP contribution < -0.4 is 0 Å². The van der Waals surface area contributed by atoms with Gasteiger partial charge in [-0.2, -0.15) is 13.2 Å². The Hall–Kier alpha value is -1.56. The van der Waals surface area contributed by atoms with E-state index in [4.69, 9.17) is 0 Å². The lowest BCUT2D eigenvalue weighted by Gasteiger charge is -2.15. The number of unbranched alkanes of at least 4 members (excludes halogenated alkanes) is 1. The molecule has 2 aromatic carbocycles. The SMILES string of the molecule is CCCCc1c(S(=O)(=O)C(F)(F)F)ccc2ccccc12. The maximum atomic E-state index is 12.8. The average Bonchev–Trinajstić information content (AvgIpc) is 2.43. The van der Waals surface area contributed by atoms with E-state index in [1.807, 2.05) is 6.92 Å². The van der Waals surface area contributed by atoms with Crippen LogP contribution in [0.5, 0.6) is 0 Å². The summed E-state index contributed by atoms with van der Waals surface area (Å²) in [5.74, 6) is 0. The van der Waals surface area contributed by atoms with Crippen molar-refractivity contribution in [2.45, 2.75) is 36.6 Å². The van der Waals surface area contributed by atoms with Crippen LogP contribution in [-0.4, -0.2) is 13.9 Å². The van der Waals surface area contributed by atoms with Crippen LogP contribution >= 0.6 is 0 Å². The highest BCUT2D eigenvalue weighted by atomic mass is 32.2. The minimum absolute atomic E-state index is 0.257. The summed E-state index contributed by atoms with van der Waals surface area (Å²) >= 11 is 0. The van der Waals surface area contributed by atoms with Crippen LogP contribution in [0.4, 0.5) is 13.2 Å². The largest absolute Gasteiger partial charge is 0.501 e. The minimum atomic E-state index is -5.33. The van der Waals surface area contributed by atoms with E-state index in [0.29, 0.717) is 18.2 Å². The van der Waals surface area contributed by atoms with Gasteiger partial charge in [-0.3, -0.25) is 0 Å². The Morgan fingerprint density at radius 1 is 1.05 bits per heavy atom. The Bertz CT molecular complexity index is 749. The number of sulfone groups is 1. The van der Waals surface area contributed by atoms with Gasteiger partial charge in [-0.15, -0.1) is 0 Å². The number of alkyl halides is 3. The zero-order valence-corrected chi connectivity index (χ0v) is 12.3. The molecule has 0 bridgehead atoms. The third-order valence-electron chi connectivity index (χ3n) is 3.37. The Labute approximate surface area is 121 Å². The molecule has 114 valence electrons. The predicted octanol–water partition coefficient (Wildman–Crippen LogP) is 4.48. The van der Waals surface area contributed by atoms with Gasteiger partial charge >= 0.3 is 5.51 Å². The zero-order valence-electron chi connectivity index (χ0n) is 11.4. The lowest BCUT2D eigenvalue weighted by molar-refractivity contribution is -0.0436. The summed E-state index contributed by atoms with van der Waals surface area (Å²) in [6.45, 7) is 1.91. The normalized spacial score (nSPS) is 12.8. The summed E-state index contributed by atoms with van der Waals surface area (Å²) in [6, 6.07) is 9.37. The van der Waals surface area contributed by atoms with Crippen LogP contribution in [-0.2, 0) is 16.3 Å². The van der Waals surface area contributed by atoms with Crippen molar-refractivity contribution in [1.29, 1.82) is 0 Å². The van der Waals surface area contributed by atoms with Crippen LogP contribution in [0.25, 0.3) is 10.8 Å². The van der Waals surface area contributed by atoms with Crippen molar-refractivity contribution in [3.63, 3.8) is 0 Å². The molecule has 0 N–H and O–H groups in total. The predicted molar refractivity (Wildman–Crippen MR) is 75.8 cm³/mol. The van der Waals surface area contributed by atoms with E-state index in [9.17, 15) is 21.6 Å². The summed E-state index contributed by atoms with van der Waals surface area (Å²) in [5, 5.41) is 1.31. The molecule has 0 saturated heterocycles. The lowest BCUT2D eigenvalue weighted by Crippen LogP contribution is -2.24. The first-order valence-corrected chi connectivity index (χ1v) is 8.09. The fourth-order valence-electron chi connectivity index (χ4n) is 2.30. The number of fused-ring (bicyclic) bond motifs is 1. The molecule has 0 aliphatic rings. The lowest BCUT2D eigenvalue weighted by atomic mass is 10.0. The van der Waals surface area contributed by atoms with Crippen molar-refractivity contribution in [3.8, 4) is 0 Å². The first kappa shape index (κ1) is 15.8. The second kappa shape index (κ2) is 5.67. The summed E-state index contributed by atoms with van der Waals surface area (Å²) < 4.78 is 62.0. The molecule has 0 fully saturated rings. The number of hydrogen-bond acceptors (Lipinski definition) is 2. The van der Waals surface area contributed by atoms with E-state index < -0.39 is 20.2 Å². The number of hydrogen-bond donors (Lipinski definition) is 0. The van der Waals surface area contributed by atoms with Gasteiger partial charge in [0, 0.05) is 0 Å². The maximum Gasteiger partial charge on any atom is 0.501 e. The van der Waals surface area contributed by atoms with Crippen molar-refractivity contribution in [2.24, 2.45) is 0 Å². The topological polar surface area (TPSA) is 34.1 Å². The first-order chi connectivity index (χ1) is 9.79. The van der Waals surface area contributed by atoms with E-state index in [0.717, 1.165) is 17.9 Å². The van der Waals surface area contributed by atoms with E-state index in [-0.39, 0.29) is 5.56 Å². The van der Waals surface area contributed by atoms with Crippen LogP contribution in [0.1, 0.15) is 25.3 Å². The highest BCUT2D eigenvalue weighted by molar-refractivity contribution is 7.92. The maximum absolute atomic E-state index is 12.8. The zero-order chi connectivity index (χ0) is 15.7. The fourth-order valence-corrected chi connectivity index (χ4v) is 3.34. The fraction of sp³-hybridized carbons (Fsp3) is 0.333. The summed E-state index contributed by atoms with van der Waals surface area (Å²) in [6.07, 6.45) is 1.71. The highest BCUT2D eigenvalue weighted by Crippen LogP contribution is 2.35. The van der Waals surface area contributed by atoms with Crippen LogP contribution in [0.3, 0.4) is 0 Å². The smallest absolute Gasteiger partial charge is 0.214 e. The number of halogens is 3. The monoisotopic (exact) mass is 316 g/mol. The molecule has 0 radical (unpaired) electrons. The summed E-state index contributed by atoms with van der Waals surface area (Å²) in [5.41, 5.74) is -5.02. The molecule has 2 rings (SSSR count). The quantitative estimate of drug-likeness (QED) is 0.833. The third-order valence-corrected chi connectivity index (χ3v) is 4.94. The van der Waals surface area contributed by atoms with E-state index in [2.05, 4.69) is 0 Å². The molecule has 2 aromatic rings. The third kappa shape index (κ3) is 2.90. The summed E-state index contributed by atoms with van der Waals surface area (Å²) in [7, 11) is -5.33. The second-order valence-electron chi connectivity index (χ2n) is 4.82. The molecular weight excluding hydrogens is 301 g/mol. The molecular formula is C15H15F3O2S. The Balaban J connectivity index is 2.74. The number of benzene rings is 2. The van der Waals surface area contributed by atoms with Crippen LogP contribution in [0.2, 0.25) is 0 Å².